The van der Waals surface area contributed by atoms with Crippen molar-refractivity contribution in [1.82, 2.24) is 15.5 Å². The van der Waals surface area contributed by atoms with Crippen LogP contribution in [0.4, 0.5) is 0 Å². The molecule has 92 valence electrons. The first kappa shape index (κ1) is 12.3. The molecule has 6 heteroatoms. The number of hydrogen-bond acceptors (Lipinski definition) is 5. The summed E-state index contributed by atoms with van der Waals surface area (Å²) in [5.41, 5.74) is 0. The molecular weight excluding hydrogens is 286 g/mol. The summed E-state index contributed by atoms with van der Waals surface area (Å²) in [5, 5.41) is 7.17. The highest BCUT2D eigenvalue weighted by molar-refractivity contribution is 9.10. The van der Waals surface area contributed by atoms with Crippen molar-refractivity contribution >= 4 is 15.9 Å². The highest BCUT2D eigenvalue weighted by atomic mass is 79.9. The summed E-state index contributed by atoms with van der Waals surface area (Å²) in [4.78, 5) is 4.14. The molecule has 2 heterocycles. The van der Waals surface area contributed by atoms with Crippen molar-refractivity contribution in [3.63, 3.8) is 0 Å². The standard InChI is InChI=1S/C11H14BrN3O2/c1-7(9-3-4-10(12)16-9)13-6-5-11-14-8(2)17-15-11/h3-4,7,13H,5-6H2,1-2H3. The smallest absolute Gasteiger partial charge is 0.223 e. The van der Waals surface area contributed by atoms with Crippen molar-refractivity contribution in [2.24, 2.45) is 0 Å². The summed E-state index contributed by atoms with van der Waals surface area (Å²) < 4.78 is 11.1. The zero-order chi connectivity index (χ0) is 12.3. The average molecular weight is 300 g/mol. The Morgan fingerprint density at radius 3 is 2.88 bits per heavy atom. The molecule has 0 fully saturated rings. The SMILES string of the molecule is Cc1nc(CCNC(C)c2ccc(Br)o2)no1. The van der Waals surface area contributed by atoms with E-state index in [1.807, 2.05) is 19.1 Å². The predicted molar refractivity (Wildman–Crippen MR) is 65.6 cm³/mol. The molecule has 1 atom stereocenters. The molecule has 1 N–H and O–H groups in total. The van der Waals surface area contributed by atoms with Crippen LogP contribution in [0, 0.1) is 6.92 Å². The maximum absolute atomic E-state index is 5.46. The van der Waals surface area contributed by atoms with Gasteiger partial charge in [0.05, 0.1) is 6.04 Å². The largest absolute Gasteiger partial charge is 0.453 e. The molecule has 0 aromatic carbocycles. The number of aromatic nitrogens is 2. The quantitative estimate of drug-likeness (QED) is 0.919. The number of aryl methyl sites for hydroxylation is 1. The van der Waals surface area contributed by atoms with E-state index < -0.39 is 0 Å². The lowest BCUT2D eigenvalue weighted by molar-refractivity contribution is 0.384. The second-order valence-corrected chi connectivity index (χ2v) is 4.58. The summed E-state index contributed by atoms with van der Waals surface area (Å²) in [6.45, 7) is 4.61. The summed E-state index contributed by atoms with van der Waals surface area (Å²) in [7, 11) is 0. The first-order chi connectivity index (χ1) is 8.15. The molecule has 0 spiro atoms. The molecule has 0 saturated carbocycles. The lowest BCUT2D eigenvalue weighted by Crippen LogP contribution is -2.21. The van der Waals surface area contributed by atoms with E-state index >= 15 is 0 Å². The van der Waals surface area contributed by atoms with E-state index in [9.17, 15) is 0 Å². The topological polar surface area (TPSA) is 64.1 Å². The Morgan fingerprint density at radius 2 is 2.29 bits per heavy atom. The normalized spacial score (nSPS) is 12.9. The van der Waals surface area contributed by atoms with Gasteiger partial charge >= 0.3 is 0 Å². The zero-order valence-electron chi connectivity index (χ0n) is 9.74. The zero-order valence-corrected chi connectivity index (χ0v) is 11.3. The Morgan fingerprint density at radius 1 is 1.47 bits per heavy atom. The van der Waals surface area contributed by atoms with Crippen LogP contribution in [0.15, 0.2) is 25.7 Å². The van der Waals surface area contributed by atoms with Crippen molar-refractivity contribution in [2.45, 2.75) is 26.3 Å². The van der Waals surface area contributed by atoms with E-state index in [4.69, 9.17) is 8.94 Å². The molecule has 0 amide bonds. The number of furan rings is 1. The van der Waals surface area contributed by atoms with E-state index in [-0.39, 0.29) is 6.04 Å². The fraction of sp³-hybridized carbons (Fsp3) is 0.455. The summed E-state index contributed by atoms with van der Waals surface area (Å²) >= 11 is 3.28. The van der Waals surface area contributed by atoms with E-state index in [1.165, 1.54) is 0 Å². The third-order valence-corrected chi connectivity index (χ3v) is 2.82. The van der Waals surface area contributed by atoms with Gasteiger partial charge in [0.25, 0.3) is 0 Å². The van der Waals surface area contributed by atoms with E-state index in [0.717, 1.165) is 29.2 Å². The third-order valence-electron chi connectivity index (χ3n) is 2.39. The molecule has 1 unspecified atom stereocenters. The van der Waals surface area contributed by atoms with Gasteiger partial charge in [-0.1, -0.05) is 5.16 Å². The first-order valence-corrected chi connectivity index (χ1v) is 6.22. The molecule has 0 aliphatic rings. The molecule has 2 rings (SSSR count). The molecule has 2 aromatic heterocycles. The molecular formula is C11H14BrN3O2. The van der Waals surface area contributed by atoms with Crippen molar-refractivity contribution in [2.75, 3.05) is 6.54 Å². The second kappa shape index (κ2) is 5.46. The highest BCUT2D eigenvalue weighted by Gasteiger charge is 2.09. The van der Waals surface area contributed by atoms with Crippen LogP contribution >= 0.6 is 15.9 Å². The van der Waals surface area contributed by atoms with Gasteiger partial charge in [0.15, 0.2) is 10.5 Å². The van der Waals surface area contributed by atoms with Crippen LogP contribution in [0.2, 0.25) is 0 Å². The summed E-state index contributed by atoms with van der Waals surface area (Å²) in [5.74, 6) is 2.23. The van der Waals surface area contributed by atoms with Gasteiger partial charge in [0.2, 0.25) is 5.89 Å². The number of nitrogens with zero attached hydrogens (tertiary/aromatic N) is 2. The maximum atomic E-state index is 5.46. The minimum absolute atomic E-state index is 0.161. The minimum Gasteiger partial charge on any atom is -0.453 e. The van der Waals surface area contributed by atoms with Gasteiger partial charge in [-0.15, -0.1) is 0 Å². The number of hydrogen-bond donors (Lipinski definition) is 1. The monoisotopic (exact) mass is 299 g/mol. The van der Waals surface area contributed by atoms with Crippen LogP contribution in [0.1, 0.15) is 30.4 Å². The molecule has 2 aromatic rings. The van der Waals surface area contributed by atoms with Gasteiger partial charge in [-0.25, -0.2) is 0 Å². The van der Waals surface area contributed by atoms with Gasteiger partial charge in [0.1, 0.15) is 5.76 Å². The van der Waals surface area contributed by atoms with Gasteiger partial charge in [-0.3, -0.25) is 0 Å². The van der Waals surface area contributed by atoms with Crippen LogP contribution < -0.4 is 5.32 Å². The Hall–Kier alpha value is -1.14. The first-order valence-electron chi connectivity index (χ1n) is 5.43. The Bertz CT molecular complexity index is 481. The van der Waals surface area contributed by atoms with Gasteiger partial charge in [0, 0.05) is 19.9 Å². The molecule has 17 heavy (non-hydrogen) atoms. The molecule has 0 bridgehead atoms. The maximum Gasteiger partial charge on any atom is 0.223 e. The number of nitrogens with one attached hydrogen (secondary N) is 1. The van der Waals surface area contributed by atoms with E-state index in [1.54, 1.807) is 6.92 Å². The number of halogens is 1. The molecule has 0 saturated heterocycles. The average Bonchev–Trinajstić information content (AvgIpc) is 2.88. The lowest BCUT2D eigenvalue weighted by Gasteiger charge is -2.09. The van der Waals surface area contributed by atoms with Crippen LogP contribution in [-0.4, -0.2) is 16.7 Å². The van der Waals surface area contributed by atoms with Crippen LogP contribution in [0.3, 0.4) is 0 Å². The predicted octanol–water partition coefficient (Wildman–Crippen LogP) is 2.63. The Kier molecular flexibility index (Phi) is 3.96. The van der Waals surface area contributed by atoms with Crippen molar-refractivity contribution < 1.29 is 8.94 Å². The summed E-state index contributed by atoms with van der Waals surface area (Å²) in [6, 6.07) is 3.99. The molecule has 0 aliphatic heterocycles. The third kappa shape index (κ3) is 3.41. The lowest BCUT2D eigenvalue weighted by atomic mass is 10.2. The van der Waals surface area contributed by atoms with Crippen LogP contribution in [0.5, 0.6) is 0 Å². The molecule has 0 aliphatic carbocycles. The second-order valence-electron chi connectivity index (χ2n) is 3.80. The van der Waals surface area contributed by atoms with E-state index in [0.29, 0.717) is 5.89 Å². The molecule has 5 nitrogen and oxygen atoms in total. The highest BCUT2D eigenvalue weighted by Crippen LogP contribution is 2.19. The minimum atomic E-state index is 0.161. The van der Waals surface area contributed by atoms with Crippen molar-refractivity contribution in [3.05, 3.63) is 34.3 Å². The Labute approximate surface area is 108 Å². The Balaban J connectivity index is 1.78. The van der Waals surface area contributed by atoms with E-state index in [2.05, 4.69) is 31.4 Å². The van der Waals surface area contributed by atoms with Crippen molar-refractivity contribution in [1.29, 1.82) is 0 Å². The fourth-order valence-corrected chi connectivity index (χ4v) is 1.82. The van der Waals surface area contributed by atoms with Crippen LogP contribution in [0.25, 0.3) is 0 Å². The van der Waals surface area contributed by atoms with Crippen molar-refractivity contribution in [3.8, 4) is 0 Å². The van der Waals surface area contributed by atoms with Gasteiger partial charge in [-0.2, -0.15) is 4.98 Å². The molecule has 0 radical (unpaired) electrons. The van der Waals surface area contributed by atoms with Gasteiger partial charge in [-0.05, 0) is 35.0 Å². The fourth-order valence-electron chi connectivity index (χ4n) is 1.50. The number of rotatable bonds is 5. The van der Waals surface area contributed by atoms with Gasteiger partial charge < -0.3 is 14.3 Å². The van der Waals surface area contributed by atoms with Crippen LogP contribution in [-0.2, 0) is 6.42 Å². The summed E-state index contributed by atoms with van der Waals surface area (Å²) in [6.07, 6.45) is 0.740.